The second-order valence-corrected chi connectivity index (χ2v) is 13.5. The Kier molecular flexibility index (Phi) is 11.3. The number of halogens is 1. The number of amides is 1. The lowest BCUT2D eigenvalue weighted by Crippen LogP contribution is -2.51. The zero-order valence-corrected chi connectivity index (χ0v) is 26.0. The highest BCUT2D eigenvalue weighted by Crippen LogP contribution is 2.25. The van der Waals surface area contributed by atoms with Crippen molar-refractivity contribution in [2.24, 2.45) is 5.92 Å². The van der Waals surface area contributed by atoms with E-state index < -0.39 is 33.0 Å². The molecular weight excluding hydrogens is 610 g/mol. The van der Waals surface area contributed by atoms with Gasteiger partial charge in [0.15, 0.2) is 0 Å². The van der Waals surface area contributed by atoms with Crippen LogP contribution < -0.4 is 10.1 Å². The largest absolute Gasteiger partial charge is 0.488 e. The van der Waals surface area contributed by atoms with Crippen LogP contribution in [0.15, 0.2) is 77.7 Å². The first kappa shape index (κ1) is 33.3. The molecule has 11 nitrogen and oxygen atoms in total. The molecule has 0 bridgehead atoms. The number of non-ortho nitro benzene ring substituents is 1. The van der Waals surface area contributed by atoms with Crippen molar-refractivity contribution in [2.75, 3.05) is 26.3 Å². The number of benzene rings is 3. The van der Waals surface area contributed by atoms with Crippen LogP contribution in [0.5, 0.6) is 5.75 Å². The zero-order valence-electron chi connectivity index (χ0n) is 24.5. The summed E-state index contributed by atoms with van der Waals surface area (Å²) in [6.07, 6.45) is -0.544. The number of ether oxygens (including phenoxy) is 2. The lowest BCUT2D eigenvalue weighted by molar-refractivity contribution is -0.384. The Bertz CT molecular complexity index is 1530. The van der Waals surface area contributed by atoms with Crippen molar-refractivity contribution in [3.63, 3.8) is 0 Å². The number of nitro benzene ring substituents is 1. The van der Waals surface area contributed by atoms with Gasteiger partial charge in [0.25, 0.3) is 11.6 Å². The Hall–Kier alpha value is -3.55. The third-order valence-corrected chi connectivity index (χ3v) is 9.11. The number of aliphatic hydroxyl groups is 1. The number of rotatable bonds is 14. The number of nitrogens with zero attached hydrogens (tertiary/aromatic N) is 2. The average Bonchev–Trinajstić information content (AvgIpc) is 3.49. The van der Waals surface area contributed by atoms with Gasteiger partial charge in [-0.15, -0.1) is 0 Å². The Balaban J connectivity index is 1.58. The molecule has 2 N–H and O–H groups in total. The maximum Gasteiger partial charge on any atom is 0.269 e. The van der Waals surface area contributed by atoms with E-state index in [9.17, 15) is 28.4 Å². The van der Waals surface area contributed by atoms with Crippen LogP contribution in [0, 0.1) is 16.0 Å². The van der Waals surface area contributed by atoms with Crippen molar-refractivity contribution in [2.45, 2.75) is 49.8 Å². The second-order valence-electron chi connectivity index (χ2n) is 11.1. The molecule has 0 radical (unpaired) electrons. The van der Waals surface area contributed by atoms with E-state index in [1.807, 2.05) is 44.2 Å². The molecule has 4 rings (SSSR count). The quantitative estimate of drug-likeness (QED) is 0.193. The minimum atomic E-state index is -4.15. The molecule has 0 aliphatic carbocycles. The number of hydrogen-bond acceptors (Lipinski definition) is 8. The molecule has 3 aromatic carbocycles. The maximum atomic E-state index is 13.6. The van der Waals surface area contributed by atoms with Gasteiger partial charge in [-0.05, 0) is 48.2 Å². The lowest BCUT2D eigenvalue weighted by atomic mass is 10.00. The van der Waals surface area contributed by atoms with Crippen LogP contribution in [-0.4, -0.2) is 73.2 Å². The lowest BCUT2D eigenvalue weighted by Gasteiger charge is -2.31. The van der Waals surface area contributed by atoms with Crippen LogP contribution in [0.3, 0.4) is 0 Å². The molecule has 0 saturated carbocycles. The molecule has 1 unspecified atom stereocenters. The summed E-state index contributed by atoms with van der Waals surface area (Å²) in [4.78, 5) is 23.8. The molecule has 1 saturated heterocycles. The summed E-state index contributed by atoms with van der Waals surface area (Å²) in [6.45, 7) is 4.44. The van der Waals surface area contributed by atoms with E-state index >= 15 is 0 Å². The monoisotopic (exact) mass is 645 g/mol. The summed E-state index contributed by atoms with van der Waals surface area (Å²) in [5, 5.41) is 25.7. The molecule has 1 amide bonds. The molecule has 1 heterocycles. The Morgan fingerprint density at radius 3 is 2.45 bits per heavy atom. The highest BCUT2D eigenvalue weighted by molar-refractivity contribution is 7.89. The molecule has 1 aliphatic rings. The normalized spacial score (nSPS) is 16.5. The van der Waals surface area contributed by atoms with Gasteiger partial charge < -0.3 is 19.9 Å². The first-order valence-electron chi connectivity index (χ1n) is 14.2. The topological polar surface area (TPSA) is 148 Å². The molecule has 1 fully saturated rings. The van der Waals surface area contributed by atoms with Gasteiger partial charge in [-0.25, -0.2) is 8.42 Å². The molecule has 0 spiro atoms. The molecule has 44 heavy (non-hydrogen) atoms. The first-order chi connectivity index (χ1) is 20.9. The van der Waals surface area contributed by atoms with Gasteiger partial charge >= 0.3 is 0 Å². The van der Waals surface area contributed by atoms with Gasteiger partial charge in [0, 0.05) is 42.2 Å². The molecule has 3 aromatic rings. The summed E-state index contributed by atoms with van der Waals surface area (Å²) >= 11 is 6.31. The Labute approximate surface area is 261 Å². The fourth-order valence-corrected chi connectivity index (χ4v) is 6.71. The van der Waals surface area contributed by atoms with E-state index in [0.717, 1.165) is 28.4 Å². The first-order valence-corrected chi connectivity index (χ1v) is 16.1. The second kappa shape index (κ2) is 15.0. The SMILES string of the molecule is CC(C)CN(C[C@@H](O)[C@H](Cc1ccccc1)NC(=O)c1cc(Cl)cc(OC2CCOC2)c1)S(=O)(=O)c1ccc([N+](=O)[O-])cc1. The zero-order chi connectivity index (χ0) is 31.9. The predicted octanol–water partition coefficient (Wildman–Crippen LogP) is 4.46. The molecule has 0 aromatic heterocycles. The van der Waals surface area contributed by atoms with Gasteiger partial charge in [-0.2, -0.15) is 4.31 Å². The van der Waals surface area contributed by atoms with Crippen molar-refractivity contribution < 1.29 is 32.7 Å². The third kappa shape index (κ3) is 8.99. The van der Waals surface area contributed by atoms with E-state index in [-0.39, 0.29) is 47.7 Å². The van der Waals surface area contributed by atoms with Gasteiger partial charge in [0.2, 0.25) is 10.0 Å². The van der Waals surface area contributed by atoms with Gasteiger partial charge in [0.05, 0.1) is 35.2 Å². The van der Waals surface area contributed by atoms with Gasteiger partial charge in [0.1, 0.15) is 11.9 Å². The summed E-state index contributed by atoms with van der Waals surface area (Å²) in [5.74, 6) is -0.211. The molecular formula is C31H36ClN3O8S. The van der Waals surface area contributed by atoms with Crippen LogP contribution in [0.2, 0.25) is 5.02 Å². The number of carbonyl (C=O) groups is 1. The summed E-state index contributed by atoms with van der Waals surface area (Å²) in [5.41, 5.74) is 0.798. The van der Waals surface area contributed by atoms with Gasteiger partial charge in [-0.1, -0.05) is 55.8 Å². The van der Waals surface area contributed by atoms with Crippen molar-refractivity contribution in [1.82, 2.24) is 9.62 Å². The third-order valence-electron chi connectivity index (χ3n) is 7.05. The van der Waals surface area contributed by atoms with E-state index in [1.165, 1.54) is 18.2 Å². The van der Waals surface area contributed by atoms with E-state index in [4.69, 9.17) is 21.1 Å². The van der Waals surface area contributed by atoms with Gasteiger partial charge in [-0.3, -0.25) is 14.9 Å². The van der Waals surface area contributed by atoms with Crippen LogP contribution in [0.1, 0.15) is 36.2 Å². The van der Waals surface area contributed by atoms with Crippen molar-refractivity contribution in [3.05, 3.63) is 99.1 Å². The Morgan fingerprint density at radius 2 is 1.84 bits per heavy atom. The summed E-state index contributed by atoms with van der Waals surface area (Å²) < 4.78 is 39.7. The van der Waals surface area contributed by atoms with E-state index in [1.54, 1.807) is 12.1 Å². The van der Waals surface area contributed by atoms with Crippen molar-refractivity contribution in [1.29, 1.82) is 0 Å². The standard InChI is InChI=1S/C31H36ClN3O8S/c1-21(2)18-34(44(40,41)28-10-8-25(9-11-28)35(38)39)19-30(36)29(14-22-6-4-3-5-7-22)33-31(37)23-15-24(32)17-27(16-23)43-26-12-13-42-20-26/h3-11,15-17,21,26,29-30,36H,12-14,18-20H2,1-2H3,(H,33,37)/t26?,29-,30+/m0/s1. The highest BCUT2D eigenvalue weighted by atomic mass is 35.5. The van der Waals surface area contributed by atoms with Crippen molar-refractivity contribution >= 4 is 33.2 Å². The maximum absolute atomic E-state index is 13.6. The number of sulfonamides is 1. The number of nitro groups is 1. The van der Waals surface area contributed by atoms with Crippen LogP contribution >= 0.6 is 11.6 Å². The highest BCUT2D eigenvalue weighted by Gasteiger charge is 2.32. The molecule has 3 atom stereocenters. The fourth-order valence-electron chi connectivity index (χ4n) is 4.87. The Morgan fingerprint density at radius 1 is 1.14 bits per heavy atom. The summed E-state index contributed by atoms with van der Waals surface area (Å²) in [7, 11) is -4.15. The van der Waals surface area contributed by atoms with E-state index in [2.05, 4.69) is 5.32 Å². The fraction of sp³-hybridized carbons (Fsp3) is 0.387. The average molecular weight is 646 g/mol. The van der Waals surface area contributed by atoms with Crippen LogP contribution in [0.4, 0.5) is 5.69 Å². The molecule has 1 aliphatic heterocycles. The molecule has 236 valence electrons. The minimum Gasteiger partial charge on any atom is -0.488 e. The van der Waals surface area contributed by atoms with Crippen LogP contribution in [-0.2, 0) is 21.2 Å². The summed E-state index contributed by atoms with van der Waals surface area (Å²) in [6, 6.07) is 17.6. The number of carbonyl (C=O) groups excluding carboxylic acids is 1. The number of nitrogens with one attached hydrogen (secondary N) is 1. The van der Waals surface area contributed by atoms with Crippen LogP contribution in [0.25, 0.3) is 0 Å². The van der Waals surface area contributed by atoms with Crippen molar-refractivity contribution in [3.8, 4) is 5.75 Å². The minimum absolute atomic E-state index is 0.0717. The van der Waals surface area contributed by atoms with E-state index in [0.29, 0.717) is 24.0 Å². The number of hydrogen-bond donors (Lipinski definition) is 2. The predicted molar refractivity (Wildman–Crippen MR) is 165 cm³/mol. The smallest absolute Gasteiger partial charge is 0.269 e. The molecule has 13 heteroatoms. The number of aliphatic hydroxyl groups excluding tert-OH is 1.